The van der Waals surface area contributed by atoms with Crippen LogP contribution in [0.3, 0.4) is 0 Å². The second-order valence-corrected chi connectivity index (χ2v) is 4.52. The Balaban J connectivity index is 2.17. The molecule has 0 aromatic heterocycles. The Hall–Kier alpha value is -1.55. The lowest BCUT2D eigenvalue weighted by Crippen LogP contribution is -2.36. The van der Waals surface area contributed by atoms with E-state index in [4.69, 9.17) is 4.74 Å². The fraction of sp³-hybridized carbons (Fsp3) is 0.533. The molecular weight excluding hydrogens is 238 g/mol. The molecule has 0 amide bonds. The van der Waals surface area contributed by atoms with Crippen LogP contribution in [0.5, 0.6) is 0 Å². The number of amidine groups is 1. The summed E-state index contributed by atoms with van der Waals surface area (Å²) >= 11 is 0. The van der Waals surface area contributed by atoms with Gasteiger partial charge in [-0.15, -0.1) is 0 Å². The van der Waals surface area contributed by atoms with Crippen molar-refractivity contribution in [3.8, 4) is 0 Å². The van der Waals surface area contributed by atoms with Crippen LogP contribution in [0.25, 0.3) is 0 Å². The number of aliphatic imine (C=N–C) groups is 1. The van der Waals surface area contributed by atoms with E-state index in [-0.39, 0.29) is 0 Å². The van der Waals surface area contributed by atoms with E-state index in [1.165, 1.54) is 5.69 Å². The van der Waals surface area contributed by atoms with Crippen LogP contribution in [0.2, 0.25) is 0 Å². The number of hydrogen-bond donors (Lipinski definition) is 1. The summed E-state index contributed by atoms with van der Waals surface area (Å²) in [5.74, 6) is 1.04. The molecule has 1 aromatic rings. The van der Waals surface area contributed by atoms with E-state index in [1.54, 1.807) is 0 Å². The minimum atomic E-state index is 0.804. The number of para-hydroxylation sites is 2. The SMILES string of the molecule is CCN=C(CC)Nc1ccccc1N1CCOCC1. The van der Waals surface area contributed by atoms with Gasteiger partial charge in [-0.3, -0.25) is 4.99 Å². The summed E-state index contributed by atoms with van der Waals surface area (Å²) < 4.78 is 5.42. The Morgan fingerprint density at radius 3 is 2.68 bits per heavy atom. The van der Waals surface area contributed by atoms with E-state index >= 15 is 0 Å². The quantitative estimate of drug-likeness (QED) is 0.669. The third kappa shape index (κ3) is 3.70. The minimum Gasteiger partial charge on any atom is -0.378 e. The zero-order valence-electron chi connectivity index (χ0n) is 11.9. The molecule has 4 heteroatoms. The third-order valence-electron chi connectivity index (χ3n) is 3.22. The summed E-state index contributed by atoms with van der Waals surface area (Å²) in [7, 11) is 0. The zero-order valence-corrected chi connectivity index (χ0v) is 11.9. The Bertz CT molecular complexity index is 425. The average Bonchev–Trinajstić information content (AvgIpc) is 2.48. The number of morpholine rings is 1. The maximum atomic E-state index is 5.42. The Morgan fingerprint density at radius 1 is 1.26 bits per heavy atom. The summed E-state index contributed by atoms with van der Waals surface area (Å²) in [6, 6.07) is 8.42. The van der Waals surface area contributed by atoms with Crippen molar-refractivity contribution in [2.24, 2.45) is 4.99 Å². The van der Waals surface area contributed by atoms with Gasteiger partial charge in [-0.05, 0) is 19.1 Å². The molecule has 0 aliphatic carbocycles. The molecule has 1 N–H and O–H groups in total. The molecule has 2 rings (SSSR count). The molecule has 1 heterocycles. The number of nitrogens with zero attached hydrogens (tertiary/aromatic N) is 2. The van der Waals surface area contributed by atoms with Crippen LogP contribution in [0.15, 0.2) is 29.3 Å². The van der Waals surface area contributed by atoms with E-state index in [9.17, 15) is 0 Å². The number of anilines is 2. The monoisotopic (exact) mass is 261 g/mol. The van der Waals surface area contributed by atoms with Crippen molar-refractivity contribution in [3.63, 3.8) is 0 Å². The second-order valence-electron chi connectivity index (χ2n) is 4.52. The van der Waals surface area contributed by atoms with Crippen LogP contribution in [0, 0.1) is 0 Å². The van der Waals surface area contributed by atoms with E-state index in [1.807, 2.05) is 0 Å². The molecule has 104 valence electrons. The van der Waals surface area contributed by atoms with Crippen molar-refractivity contribution in [1.29, 1.82) is 0 Å². The molecule has 1 fully saturated rings. The molecule has 1 aliphatic rings. The number of rotatable bonds is 4. The molecule has 0 unspecified atom stereocenters. The topological polar surface area (TPSA) is 36.9 Å². The first kappa shape index (κ1) is 13.9. The van der Waals surface area contributed by atoms with Gasteiger partial charge in [0, 0.05) is 26.1 Å². The maximum absolute atomic E-state index is 5.42. The summed E-state index contributed by atoms with van der Waals surface area (Å²) in [6.07, 6.45) is 0.922. The smallest absolute Gasteiger partial charge is 0.100 e. The predicted molar refractivity (Wildman–Crippen MR) is 81.4 cm³/mol. The van der Waals surface area contributed by atoms with Crippen LogP contribution >= 0.6 is 0 Å². The van der Waals surface area contributed by atoms with Gasteiger partial charge in [0.2, 0.25) is 0 Å². The molecule has 4 nitrogen and oxygen atoms in total. The number of hydrogen-bond acceptors (Lipinski definition) is 3. The highest BCUT2D eigenvalue weighted by atomic mass is 16.5. The van der Waals surface area contributed by atoms with Crippen LogP contribution in [-0.4, -0.2) is 38.7 Å². The Labute approximate surface area is 115 Å². The predicted octanol–water partition coefficient (Wildman–Crippen LogP) is 2.76. The van der Waals surface area contributed by atoms with Gasteiger partial charge in [-0.25, -0.2) is 0 Å². The van der Waals surface area contributed by atoms with Crippen molar-refractivity contribution >= 4 is 17.2 Å². The van der Waals surface area contributed by atoms with E-state index < -0.39 is 0 Å². The molecule has 0 bridgehead atoms. The van der Waals surface area contributed by atoms with Gasteiger partial charge >= 0.3 is 0 Å². The highest BCUT2D eigenvalue weighted by molar-refractivity contribution is 5.98. The van der Waals surface area contributed by atoms with Crippen molar-refractivity contribution in [2.45, 2.75) is 20.3 Å². The summed E-state index contributed by atoms with van der Waals surface area (Å²) in [4.78, 5) is 6.85. The third-order valence-corrected chi connectivity index (χ3v) is 3.22. The van der Waals surface area contributed by atoms with Gasteiger partial charge in [-0.1, -0.05) is 19.1 Å². The van der Waals surface area contributed by atoms with Crippen LogP contribution in [0.4, 0.5) is 11.4 Å². The number of nitrogens with one attached hydrogen (secondary N) is 1. The van der Waals surface area contributed by atoms with Crippen LogP contribution in [-0.2, 0) is 4.74 Å². The highest BCUT2D eigenvalue weighted by Crippen LogP contribution is 2.26. The molecule has 19 heavy (non-hydrogen) atoms. The normalized spacial score (nSPS) is 16.5. The first-order valence-corrected chi connectivity index (χ1v) is 7.07. The summed E-state index contributed by atoms with van der Waals surface area (Å²) in [6.45, 7) is 8.51. The van der Waals surface area contributed by atoms with E-state index in [0.717, 1.165) is 50.8 Å². The van der Waals surface area contributed by atoms with E-state index in [2.05, 4.69) is 53.3 Å². The first-order chi connectivity index (χ1) is 9.35. The molecule has 0 atom stereocenters. The number of benzene rings is 1. The molecule has 1 aliphatic heterocycles. The summed E-state index contributed by atoms with van der Waals surface area (Å²) in [5.41, 5.74) is 2.38. The average molecular weight is 261 g/mol. The summed E-state index contributed by atoms with van der Waals surface area (Å²) in [5, 5.41) is 3.46. The van der Waals surface area contributed by atoms with Crippen molar-refractivity contribution < 1.29 is 4.74 Å². The molecule has 0 radical (unpaired) electrons. The van der Waals surface area contributed by atoms with Gasteiger partial charge in [0.1, 0.15) is 5.84 Å². The fourth-order valence-corrected chi connectivity index (χ4v) is 2.25. The molecule has 1 saturated heterocycles. The molecular formula is C15H23N3O. The molecule has 1 aromatic carbocycles. The van der Waals surface area contributed by atoms with Gasteiger partial charge in [0.25, 0.3) is 0 Å². The standard InChI is InChI=1S/C15H23N3O/c1-3-15(16-4-2)17-13-7-5-6-8-14(13)18-9-11-19-12-10-18/h5-8H,3-4,9-12H2,1-2H3,(H,16,17). The van der Waals surface area contributed by atoms with Crippen LogP contribution in [0.1, 0.15) is 20.3 Å². The van der Waals surface area contributed by atoms with Gasteiger partial charge in [0.15, 0.2) is 0 Å². The molecule has 0 spiro atoms. The molecule has 0 saturated carbocycles. The Kier molecular flexibility index (Phi) is 5.21. The van der Waals surface area contributed by atoms with E-state index in [0.29, 0.717) is 0 Å². The first-order valence-electron chi connectivity index (χ1n) is 7.07. The van der Waals surface area contributed by atoms with Crippen molar-refractivity contribution in [2.75, 3.05) is 43.1 Å². The Morgan fingerprint density at radius 2 is 2.00 bits per heavy atom. The maximum Gasteiger partial charge on any atom is 0.100 e. The van der Waals surface area contributed by atoms with Crippen molar-refractivity contribution in [3.05, 3.63) is 24.3 Å². The lowest BCUT2D eigenvalue weighted by atomic mass is 10.2. The number of ether oxygens (including phenoxy) is 1. The van der Waals surface area contributed by atoms with Gasteiger partial charge in [-0.2, -0.15) is 0 Å². The van der Waals surface area contributed by atoms with Gasteiger partial charge < -0.3 is 15.0 Å². The lowest BCUT2D eigenvalue weighted by Gasteiger charge is -2.30. The van der Waals surface area contributed by atoms with Crippen LogP contribution < -0.4 is 10.2 Å². The lowest BCUT2D eigenvalue weighted by molar-refractivity contribution is 0.123. The van der Waals surface area contributed by atoms with Gasteiger partial charge in [0.05, 0.1) is 24.6 Å². The highest BCUT2D eigenvalue weighted by Gasteiger charge is 2.14. The zero-order chi connectivity index (χ0) is 13.5. The van der Waals surface area contributed by atoms with Crippen molar-refractivity contribution in [1.82, 2.24) is 0 Å². The largest absolute Gasteiger partial charge is 0.378 e. The fourth-order valence-electron chi connectivity index (χ4n) is 2.25. The minimum absolute atomic E-state index is 0.804. The second kappa shape index (κ2) is 7.14.